The van der Waals surface area contributed by atoms with E-state index in [0.717, 1.165) is 42.5 Å². The van der Waals surface area contributed by atoms with E-state index in [9.17, 15) is 0 Å². The molecule has 1 atom stereocenters. The first kappa shape index (κ1) is 14.9. The van der Waals surface area contributed by atoms with E-state index < -0.39 is 0 Å². The number of benzene rings is 1. The molecule has 0 aliphatic carbocycles. The Morgan fingerprint density at radius 1 is 1.29 bits per heavy atom. The molecule has 0 spiro atoms. The van der Waals surface area contributed by atoms with Crippen LogP contribution in [0.4, 0.5) is 0 Å². The molecule has 2 aromatic rings. The lowest BCUT2D eigenvalue weighted by Crippen LogP contribution is -2.45. The third-order valence-corrected chi connectivity index (χ3v) is 4.98. The summed E-state index contributed by atoms with van der Waals surface area (Å²) in [5.41, 5.74) is 1.15. The van der Waals surface area contributed by atoms with E-state index in [1.807, 2.05) is 18.2 Å². The van der Waals surface area contributed by atoms with Gasteiger partial charge in [-0.2, -0.15) is 0 Å². The van der Waals surface area contributed by atoms with Crippen LogP contribution in [0.2, 0.25) is 5.02 Å². The van der Waals surface area contributed by atoms with Crippen molar-refractivity contribution in [3.63, 3.8) is 0 Å². The second-order valence-corrected chi connectivity index (χ2v) is 6.51. The Morgan fingerprint density at radius 2 is 2.10 bits per heavy atom. The fraction of sp³-hybridized carbons (Fsp3) is 0.375. The van der Waals surface area contributed by atoms with Crippen LogP contribution < -0.4 is 10.1 Å². The highest BCUT2D eigenvalue weighted by Crippen LogP contribution is 2.38. The summed E-state index contributed by atoms with van der Waals surface area (Å²) in [6.45, 7) is 4.09. The van der Waals surface area contributed by atoms with E-state index in [0.29, 0.717) is 0 Å². The summed E-state index contributed by atoms with van der Waals surface area (Å²) in [4.78, 5) is 3.83. The van der Waals surface area contributed by atoms with Crippen molar-refractivity contribution in [3.8, 4) is 5.75 Å². The predicted octanol–water partition coefficient (Wildman–Crippen LogP) is 3.40. The van der Waals surface area contributed by atoms with Crippen molar-refractivity contribution >= 4 is 22.9 Å². The van der Waals surface area contributed by atoms with Gasteiger partial charge in [-0.15, -0.1) is 11.3 Å². The Morgan fingerprint density at radius 3 is 2.76 bits per heavy atom. The molecule has 21 heavy (non-hydrogen) atoms. The molecule has 0 saturated carbocycles. The molecule has 3 rings (SSSR count). The molecule has 2 heterocycles. The minimum absolute atomic E-state index is 0.209. The normalized spacial score (nSPS) is 17.6. The van der Waals surface area contributed by atoms with Gasteiger partial charge in [0, 0.05) is 41.6 Å². The summed E-state index contributed by atoms with van der Waals surface area (Å²) in [5.74, 6) is 0.899. The molecule has 1 fully saturated rings. The standard InChI is InChI=1S/C16H19ClN2OS/c1-20-14-5-4-12(17)11-13(14)16(15-3-2-10-21-15)19-8-6-18-7-9-19/h2-5,10-11,16,18H,6-9H2,1H3/t16-/m0/s1. The van der Waals surface area contributed by atoms with Crippen LogP contribution in [0.15, 0.2) is 35.7 Å². The number of hydrogen-bond acceptors (Lipinski definition) is 4. The van der Waals surface area contributed by atoms with Crippen LogP contribution in [-0.2, 0) is 0 Å². The maximum absolute atomic E-state index is 6.24. The minimum atomic E-state index is 0.209. The number of piperazine rings is 1. The van der Waals surface area contributed by atoms with E-state index >= 15 is 0 Å². The van der Waals surface area contributed by atoms with Gasteiger partial charge in [0.2, 0.25) is 0 Å². The van der Waals surface area contributed by atoms with Gasteiger partial charge in [0.1, 0.15) is 5.75 Å². The van der Waals surface area contributed by atoms with Crippen LogP contribution in [0.5, 0.6) is 5.75 Å². The lowest BCUT2D eigenvalue weighted by molar-refractivity contribution is 0.197. The van der Waals surface area contributed by atoms with E-state index in [1.165, 1.54) is 4.88 Å². The Bertz CT molecular complexity index is 582. The highest BCUT2D eigenvalue weighted by molar-refractivity contribution is 7.10. The zero-order valence-corrected chi connectivity index (χ0v) is 13.6. The number of rotatable bonds is 4. The van der Waals surface area contributed by atoms with Gasteiger partial charge in [-0.1, -0.05) is 17.7 Å². The van der Waals surface area contributed by atoms with Gasteiger partial charge in [0.15, 0.2) is 0 Å². The highest BCUT2D eigenvalue weighted by Gasteiger charge is 2.27. The molecule has 0 unspecified atom stereocenters. The molecule has 112 valence electrons. The SMILES string of the molecule is COc1ccc(Cl)cc1[C@@H](c1cccs1)N1CCNCC1. The molecule has 1 aromatic heterocycles. The fourth-order valence-electron chi connectivity index (χ4n) is 2.84. The monoisotopic (exact) mass is 322 g/mol. The number of halogens is 1. The number of nitrogens with zero attached hydrogens (tertiary/aromatic N) is 1. The molecule has 0 bridgehead atoms. The Balaban J connectivity index is 2.04. The lowest BCUT2D eigenvalue weighted by Gasteiger charge is -2.35. The topological polar surface area (TPSA) is 24.5 Å². The zero-order chi connectivity index (χ0) is 14.7. The Hall–Kier alpha value is -1.07. The number of ether oxygens (including phenoxy) is 1. The molecular weight excluding hydrogens is 304 g/mol. The fourth-order valence-corrected chi connectivity index (χ4v) is 3.89. The van der Waals surface area contributed by atoms with Crippen molar-refractivity contribution in [1.82, 2.24) is 10.2 Å². The average Bonchev–Trinajstić information content (AvgIpc) is 3.03. The Kier molecular flexibility index (Phi) is 4.80. The van der Waals surface area contributed by atoms with E-state index in [-0.39, 0.29) is 6.04 Å². The predicted molar refractivity (Wildman–Crippen MR) is 88.6 cm³/mol. The van der Waals surface area contributed by atoms with Crippen molar-refractivity contribution in [1.29, 1.82) is 0 Å². The van der Waals surface area contributed by atoms with Crippen LogP contribution in [-0.4, -0.2) is 38.2 Å². The highest BCUT2D eigenvalue weighted by atomic mass is 35.5. The summed E-state index contributed by atoms with van der Waals surface area (Å²) >= 11 is 8.02. The second-order valence-electron chi connectivity index (χ2n) is 5.09. The molecule has 0 radical (unpaired) electrons. The van der Waals surface area contributed by atoms with Gasteiger partial charge < -0.3 is 10.1 Å². The summed E-state index contributed by atoms with van der Waals surface area (Å²) in [6, 6.07) is 10.4. The number of nitrogens with one attached hydrogen (secondary N) is 1. The first-order chi connectivity index (χ1) is 10.3. The average molecular weight is 323 g/mol. The number of thiophene rings is 1. The summed E-state index contributed by atoms with van der Waals surface area (Å²) in [7, 11) is 1.72. The molecule has 1 saturated heterocycles. The van der Waals surface area contributed by atoms with Crippen LogP contribution in [0.3, 0.4) is 0 Å². The third-order valence-electron chi connectivity index (χ3n) is 3.82. The summed E-state index contributed by atoms with van der Waals surface area (Å²) in [5, 5.41) is 6.29. The van der Waals surface area contributed by atoms with Crippen LogP contribution in [0, 0.1) is 0 Å². The van der Waals surface area contributed by atoms with Crippen molar-refractivity contribution in [2.75, 3.05) is 33.3 Å². The molecule has 1 aliphatic heterocycles. The number of hydrogen-bond donors (Lipinski definition) is 1. The van der Waals surface area contributed by atoms with Gasteiger partial charge in [-0.25, -0.2) is 0 Å². The van der Waals surface area contributed by atoms with Gasteiger partial charge in [0.25, 0.3) is 0 Å². The Labute approximate surface area is 134 Å². The number of methoxy groups -OCH3 is 1. The first-order valence-corrected chi connectivity index (χ1v) is 8.37. The van der Waals surface area contributed by atoms with Crippen molar-refractivity contribution in [2.45, 2.75) is 6.04 Å². The summed E-state index contributed by atoms with van der Waals surface area (Å²) < 4.78 is 5.57. The largest absolute Gasteiger partial charge is 0.496 e. The van der Waals surface area contributed by atoms with Crippen LogP contribution in [0.25, 0.3) is 0 Å². The lowest BCUT2D eigenvalue weighted by atomic mass is 10.0. The van der Waals surface area contributed by atoms with E-state index in [1.54, 1.807) is 18.4 Å². The quantitative estimate of drug-likeness (QED) is 0.933. The molecule has 1 aromatic carbocycles. The molecule has 1 aliphatic rings. The molecule has 5 heteroatoms. The minimum Gasteiger partial charge on any atom is -0.496 e. The molecule has 0 amide bonds. The molecular formula is C16H19ClN2OS. The molecule has 3 nitrogen and oxygen atoms in total. The van der Waals surface area contributed by atoms with Crippen molar-refractivity contribution in [2.24, 2.45) is 0 Å². The third kappa shape index (κ3) is 3.24. The smallest absolute Gasteiger partial charge is 0.124 e. The van der Waals surface area contributed by atoms with Crippen LogP contribution >= 0.6 is 22.9 Å². The van der Waals surface area contributed by atoms with Crippen LogP contribution in [0.1, 0.15) is 16.5 Å². The second kappa shape index (κ2) is 6.79. The maximum atomic E-state index is 6.24. The molecule has 1 N–H and O–H groups in total. The van der Waals surface area contributed by atoms with Gasteiger partial charge in [-0.05, 0) is 29.6 Å². The first-order valence-electron chi connectivity index (χ1n) is 7.11. The van der Waals surface area contributed by atoms with Gasteiger partial charge in [0.05, 0.1) is 13.2 Å². The zero-order valence-electron chi connectivity index (χ0n) is 12.0. The van der Waals surface area contributed by atoms with Gasteiger partial charge in [-0.3, -0.25) is 4.90 Å². The summed E-state index contributed by atoms with van der Waals surface area (Å²) in [6.07, 6.45) is 0. The van der Waals surface area contributed by atoms with Gasteiger partial charge >= 0.3 is 0 Å². The van der Waals surface area contributed by atoms with Crippen molar-refractivity contribution < 1.29 is 4.74 Å². The maximum Gasteiger partial charge on any atom is 0.124 e. The van der Waals surface area contributed by atoms with E-state index in [4.69, 9.17) is 16.3 Å². The van der Waals surface area contributed by atoms with E-state index in [2.05, 4.69) is 27.7 Å². The van der Waals surface area contributed by atoms with Crippen molar-refractivity contribution in [3.05, 3.63) is 51.2 Å².